The van der Waals surface area contributed by atoms with Crippen LogP contribution in [0.1, 0.15) is 64.4 Å². The Bertz CT molecular complexity index is 730. The molecule has 4 aliphatic carbocycles. The van der Waals surface area contributed by atoms with Crippen molar-refractivity contribution in [1.29, 1.82) is 0 Å². The summed E-state index contributed by atoms with van der Waals surface area (Å²) in [4.78, 5) is 4.39. The number of aromatic nitrogens is 1. The summed E-state index contributed by atoms with van der Waals surface area (Å²) in [6.45, 7) is 5.14. The molecule has 0 amide bonds. The topological polar surface area (TPSA) is 12.9 Å². The molecule has 1 radical (unpaired) electrons. The van der Waals surface area contributed by atoms with Gasteiger partial charge in [0.15, 0.2) is 0 Å². The molecule has 4 aliphatic rings. The van der Waals surface area contributed by atoms with Crippen molar-refractivity contribution >= 4 is 5.57 Å². The predicted octanol–water partition coefficient (Wildman–Crippen LogP) is 6.24. The molecule has 1 heteroatoms. The summed E-state index contributed by atoms with van der Waals surface area (Å²) in [5.74, 6) is 2.60. The Morgan fingerprint density at radius 3 is 2.80 bits per heavy atom. The van der Waals surface area contributed by atoms with E-state index in [0.29, 0.717) is 10.8 Å². The maximum absolute atomic E-state index is 4.39. The Morgan fingerprint density at radius 2 is 1.96 bits per heavy atom. The van der Waals surface area contributed by atoms with Crippen LogP contribution in [0.4, 0.5) is 0 Å². The minimum atomic E-state index is 0.354. The van der Waals surface area contributed by atoms with E-state index in [1.54, 1.807) is 11.1 Å². The zero-order valence-electron chi connectivity index (χ0n) is 15.7. The summed E-state index contributed by atoms with van der Waals surface area (Å²) in [5, 5.41) is 0. The zero-order chi connectivity index (χ0) is 17.1. The second-order valence-corrected chi connectivity index (χ2v) is 9.34. The number of hydrogen-bond acceptors (Lipinski definition) is 1. The molecule has 0 saturated heterocycles. The third-order valence-electron chi connectivity index (χ3n) is 8.41. The quantitative estimate of drug-likeness (QED) is 0.554. The summed E-state index contributed by atoms with van der Waals surface area (Å²) in [6.07, 6.45) is 21.0. The summed E-state index contributed by atoms with van der Waals surface area (Å²) in [6, 6.07) is 4.35. The van der Waals surface area contributed by atoms with Crippen LogP contribution in [0.15, 0.2) is 42.3 Å². The Labute approximate surface area is 152 Å². The van der Waals surface area contributed by atoms with Crippen LogP contribution in [0, 0.1) is 35.0 Å². The van der Waals surface area contributed by atoms with Crippen LogP contribution in [-0.2, 0) is 0 Å². The number of fused-ring (bicyclic) bond motifs is 5. The first-order valence-corrected chi connectivity index (χ1v) is 10.3. The highest BCUT2D eigenvalue weighted by atomic mass is 14.6. The van der Waals surface area contributed by atoms with Gasteiger partial charge >= 0.3 is 0 Å². The molecule has 1 nitrogen and oxygen atoms in total. The van der Waals surface area contributed by atoms with E-state index in [2.05, 4.69) is 55.7 Å². The Kier molecular flexibility index (Phi) is 3.53. The molecular weight excluding hydrogens is 302 g/mol. The molecule has 0 N–H and O–H groups in total. The van der Waals surface area contributed by atoms with E-state index in [4.69, 9.17) is 0 Å². The molecule has 5 rings (SSSR count). The second kappa shape index (κ2) is 5.56. The molecule has 0 unspecified atom stereocenters. The summed E-state index contributed by atoms with van der Waals surface area (Å²) in [7, 11) is 0. The molecule has 0 spiro atoms. The molecule has 2 saturated carbocycles. The molecular formula is C24H30N. The molecule has 0 aromatic carbocycles. The van der Waals surface area contributed by atoms with Crippen LogP contribution in [0.2, 0.25) is 0 Å². The number of rotatable bonds is 1. The van der Waals surface area contributed by atoms with E-state index < -0.39 is 0 Å². The van der Waals surface area contributed by atoms with Crippen molar-refractivity contribution in [3.05, 3.63) is 54.2 Å². The predicted molar refractivity (Wildman–Crippen MR) is 104 cm³/mol. The van der Waals surface area contributed by atoms with Crippen molar-refractivity contribution in [2.45, 2.75) is 58.8 Å². The van der Waals surface area contributed by atoms with E-state index in [-0.39, 0.29) is 0 Å². The van der Waals surface area contributed by atoms with Gasteiger partial charge in [0.2, 0.25) is 0 Å². The lowest BCUT2D eigenvalue weighted by molar-refractivity contribution is -0.00684. The second-order valence-electron chi connectivity index (χ2n) is 9.34. The third-order valence-corrected chi connectivity index (χ3v) is 8.41. The van der Waals surface area contributed by atoms with Gasteiger partial charge in [-0.25, -0.2) is 0 Å². The van der Waals surface area contributed by atoms with Crippen molar-refractivity contribution in [2.75, 3.05) is 0 Å². The monoisotopic (exact) mass is 332 g/mol. The molecule has 25 heavy (non-hydrogen) atoms. The Hall–Kier alpha value is -1.37. The number of pyridine rings is 1. The van der Waals surface area contributed by atoms with Crippen molar-refractivity contribution in [3.8, 4) is 0 Å². The standard InChI is InChI=1S/C24H30N/c1-23-13-4-3-7-18(23)8-9-19-21-11-10-20(17-6-5-15-25-16-17)24(21,2)14-12-22(19)23/h3,5-6,8,10,15-16,19,21-22H,4,7,9,11-14H2,1-2H3/t19-,21-,22-,23-,24+/m0/s1. The van der Waals surface area contributed by atoms with Gasteiger partial charge in [-0.15, -0.1) is 0 Å². The number of hydrogen-bond donors (Lipinski definition) is 0. The lowest BCUT2D eigenvalue weighted by Crippen LogP contribution is -2.48. The lowest BCUT2D eigenvalue weighted by Gasteiger charge is -2.57. The Morgan fingerprint density at radius 1 is 1.04 bits per heavy atom. The van der Waals surface area contributed by atoms with Crippen LogP contribution in [0.3, 0.4) is 0 Å². The van der Waals surface area contributed by atoms with Gasteiger partial charge in [0, 0.05) is 12.4 Å². The normalized spacial score (nSPS) is 42.7. The highest BCUT2D eigenvalue weighted by Gasteiger charge is 2.56. The summed E-state index contributed by atoms with van der Waals surface area (Å²) >= 11 is 0. The van der Waals surface area contributed by atoms with Gasteiger partial charge in [-0.2, -0.15) is 0 Å². The van der Waals surface area contributed by atoms with Gasteiger partial charge in [-0.1, -0.05) is 37.6 Å². The van der Waals surface area contributed by atoms with Crippen LogP contribution < -0.4 is 0 Å². The smallest absolute Gasteiger partial charge is 0.0343 e. The van der Waals surface area contributed by atoms with Crippen molar-refractivity contribution in [1.82, 2.24) is 4.98 Å². The van der Waals surface area contributed by atoms with Crippen molar-refractivity contribution in [3.63, 3.8) is 0 Å². The van der Waals surface area contributed by atoms with E-state index in [1.807, 2.05) is 6.20 Å². The molecule has 2 fully saturated rings. The van der Waals surface area contributed by atoms with Crippen molar-refractivity contribution in [2.24, 2.45) is 28.6 Å². The van der Waals surface area contributed by atoms with Gasteiger partial charge in [-0.05, 0) is 97.2 Å². The van der Waals surface area contributed by atoms with E-state index in [1.165, 1.54) is 50.5 Å². The fourth-order valence-corrected chi connectivity index (χ4v) is 7.02. The molecule has 131 valence electrons. The van der Waals surface area contributed by atoms with Gasteiger partial charge in [0.25, 0.3) is 0 Å². The van der Waals surface area contributed by atoms with E-state index in [9.17, 15) is 0 Å². The minimum absolute atomic E-state index is 0.354. The summed E-state index contributed by atoms with van der Waals surface area (Å²) in [5.41, 5.74) is 5.54. The maximum atomic E-state index is 4.39. The average molecular weight is 333 g/mol. The zero-order valence-corrected chi connectivity index (χ0v) is 15.7. The first-order valence-electron chi connectivity index (χ1n) is 10.3. The van der Waals surface area contributed by atoms with Gasteiger partial charge in [0.1, 0.15) is 0 Å². The number of allylic oxidation sites excluding steroid dienone is 4. The van der Waals surface area contributed by atoms with Crippen LogP contribution >= 0.6 is 0 Å². The third kappa shape index (κ3) is 2.17. The molecule has 0 bridgehead atoms. The van der Waals surface area contributed by atoms with Crippen LogP contribution in [0.5, 0.6) is 0 Å². The lowest BCUT2D eigenvalue weighted by atomic mass is 9.47. The van der Waals surface area contributed by atoms with Crippen molar-refractivity contribution < 1.29 is 0 Å². The molecule has 1 heterocycles. The molecule has 0 aliphatic heterocycles. The number of nitrogens with zero attached hydrogens (tertiary/aromatic N) is 1. The maximum Gasteiger partial charge on any atom is 0.0343 e. The largest absolute Gasteiger partial charge is 0.264 e. The van der Waals surface area contributed by atoms with Crippen LogP contribution in [0.25, 0.3) is 5.57 Å². The Balaban J connectivity index is 1.49. The SMILES string of the molecule is C[C@]12CC[CH]CC1=CC[C@@H]1[C@@H]2CC[C@]2(C)C(c3cccnc3)=CC[C@@H]12. The molecule has 1 aromatic heterocycles. The minimum Gasteiger partial charge on any atom is -0.264 e. The highest BCUT2D eigenvalue weighted by molar-refractivity contribution is 5.72. The average Bonchev–Trinajstić information content (AvgIpc) is 2.99. The van der Waals surface area contributed by atoms with Gasteiger partial charge < -0.3 is 0 Å². The first-order chi connectivity index (χ1) is 12.1. The van der Waals surface area contributed by atoms with Crippen LogP contribution in [-0.4, -0.2) is 4.98 Å². The highest BCUT2D eigenvalue weighted by Crippen LogP contribution is 2.66. The van der Waals surface area contributed by atoms with E-state index in [0.717, 1.165) is 17.8 Å². The fourth-order valence-electron chi connectivity index (χ4n) is 7.02. The van der Waals surface area contributed by atoms with Gasteiger partial charge in [-0.3, -0.25) is 4.98 Å². The molecule has 1 aromatic rings. The van der Waals surface area contributed by atoms with E-state index >= 15 is 0 Å². The van der Waals surface area contributed by atoms with Gasteiger partial charge in [0.05, 0.1) is 0 Å². The fraction of sp³-hybridized carbons (Fsp3) is 0.583. The first kappa shape index (κ1) is 15.9. The summed E-state index contributed by atoms with van der Waals surface area (Å²) < 4.78 is 0. The molecule has 5 atom stereocenters.